The molecule has 0 aliphatic rings. The summed E-state index contributed by atoms with van der Waals surface area (Å²) >= 11 is 1.37. The van der Waals surface area contributed by atoms with Crippen molar-refractivity contribution in [3.63, 3.8) is 0 Å². The summed E-state index contributed by atoms with van der Waals surface area (Å²) in [5.41, 5.74) is 0. The summed E-state index contributed by atoms with van der Waals surface area (Å²) < 4.78 is 1.39. The smallest absolute Gasteiger partial charge is 0.314 e. The molecule has 0 rings (SSSR count). The maximum Gasteiger partial charge on any atom is 0.314 e. The Balaban J connectivity index is 0. The molecule has 4 nitrogen and oxygen atoms in total. The Bertz CT molecular complexity index is 100. The van der Waals surface area contributed by atoms with Crippen molar-refractivity contribution in [3.05, 3.63) is 0 Å². The van der Waals surface area contributed by atoms with Crippen LogP contribution in [0.1, 0.15) is 13.3 Å². The standard InChI is InChI=1S/C3H4O4.C2H5.Na/c4-2(5)1-3(6)7;1-2;/h1H2,(H,4,5)(H,6,7);1H2,2H3;. The van der Waals surface area contributed by atoms with Gasteiger partial charge in [0.15, 0.2) is 0 Å². The van der Waals surface area contributed by atoms with Gasteiger partial charge in [-0.05, 0) is 0 Å². The van der Waals surface area contributed by atoms with E-state index in [0.29, 0.717) is 0 Å². The summed E-state index contributed by atoms with van der Waals surface area (Å²) in [5.74, 6) is -2.62. The predicted octanol–water partition coefficient (Wildman–Crippen LogP) is 0.139. The second kappa shape index (κ2) is 8.94. The van der Waals surface area contributed by atoms with E-state index in [2.05, 4.69) is 6.92 Å². The fourth-order valence-corrected chi connectivity index (χ4v) is 0.129. The molecule has 0 unspecified atom stereocenters. The van der Waals surface area contributed by atoms with Crippen molar-refractivity contribution in [2.24, 2.45) is 0 Å². The molecule has 0 saturated carbocycles. The van der Waals surface area contributed by atoms with Crippen molar-refractivity contribution in [2.45, 2.75) is 17.0 Å². The number of carbonyl (C=O) groups is 2. The Morgan fingerprint density at radius 2 is 1.50 bits per heavy atom. The molecule has 2 N–H and O–H groups in total. The van der Waals surface area contributed by atoms with Gasteiger partial charge in [0.05, 0.1) is 0 Å². The molecular formula is C5H9NaO4. The average Bonchev–Trinajstić information content (AvgIpc) is 1.62. The van der Waals surface area contributed by atoms with E-state index >= 15 is 0 Å². The molecule has 0 aliphatic carbocycles. The first-order valence-electron chi connectivity index (χ1n) is 2.98. The SMILES string of the molecule is C[CH2][Na].O=C(O)CC(=O)O. The van der Waals surface area contributed by atoms with Crippen LogP contribution in [-0.2, 0) is 9.59 Å². The van der Waals surface area contributed by atoms with Crippen LogP contribution in [0, 0.1) is 0 Å². The van der Waals surface area contributed by atoms with E-state index in [1.54, 1.807) is 0 Å². The van der Waals surface area contributed by atoms with E-state index in [1.807, 2.05) is 0 Å². The third-order valence-corrected chi connectivity index (χ3v) is 0.302. The first-order valence-corrected chi connectivity index (χ1v) is 4.39. The Hall–Kier alpha value is -0.0600. The molecule has 0 radical (unpaired) electrons. The van der Waals surface area contributed by atoms with Crippen LogP contribution in [0.15, 0.2) is 0 Å². The minimum absolute atomic E-state index is 0.806. The van der Waals surface area contributed by atoms with Crippen molar-refractivity contribution in [1.82, 2.24) is 0 Å². The summed E-state index contributed by atoms with van der Waals surface area (Å²) in [6.45, 7) is 2.19. The van der Waals surface area contributed by atoms with E-state index in [1.165, 1.54) is 31.6 Å². The fourth-order valence-electron chi connectivity index (χ4n) is 0.129. The van der Waals surface area contributed by atoms with Crippen molar-refractivity contribution in [1.29, 1.82) is 0 Å². The normalized spacial score (nSPS) is 7.50. The molecule has 54 valence electrons. The van der Waals surface area contributed by atoms with Crippen LogP contribution < -0.4 is 0 Å². The molecule has 0 spiro atoms. The van der Waals surface area contributed by atoms with Gasteiger partial charge in [0, 0.05) is 0 Å². The Morgan fingerprint density at radius 1 is 1.30 bits per heavy atom. The zero-order chi connectivity index (χ0) is 8.57. The first kappa shape index (κ1) is 12.6. The van der Waals surface area contributed by atoms with Crippen LogP contribution in [0.3, 0.4) is 0 Å². The maximum absolute atomic E-state index is 9.43. The molecule has 0 aromatic carbocycles. The number of aliphatic carboxylic acids is 2. The number of hydrogen-bond acceptors (Lipinski definition) is 2. The second-order valence-corrected chi connectivity index (χ2v) is 3.09. The van der Waals surface area contributed by atoms with Crippen LogP contribution in [0.25, 0.3) is 0 Å². The third kappa shape index (κ3) is 24.6. The van der Waals surface area contributed by atoms with Gasteiger partial charge in [-0.1, -0.05) is 0 Å². The summed E-state index contributed by atoms with van der Waals surface area (Å²) in [6.07, 6.45) is -0.806. The molecule has 5 heteroatoms. The van der Waals surface area contributed by atoms with Gasteiger partial charge in [0.2, 0.25) is 0 Å². The van der Waals surface area contributed by atoms with Gasteiger partial charge >= 0.3 is 50.5 Å². The van der Waals surface area contributed by atoms with Crippen molar-refractivity contribution >= 4 is 39.9 Å². The molecule has 10 heavy (non-hydrogen) atoms. The quantitative estimate of drug-likeness (QED) is 0.440. The van der Waals surface area contributed by atoms with Gasteiger partial charge in [-0.2, -0.15) is 0 Å². The maximum atomic E-state index is 9.43. The average molecular weight is 156 g/mol. The van der Waals surface area contributed by atoms with Gasteiger partial charge in [0.1, 0.15) is 6.42 Å². The van der Waals surface area contributed by atoms with Gasteiger partial charge in [-0.25, -0.2) is 0 Å². The van der Waals surface area contributed by atoms with E-state index < -0.39 is 18.4 Å². The molecule has 0 aliphatic heterocycles. The minimum Gasteiger partial charge on any atom is -0.481 e. The molecule has 0 atom stereocenters. The predicted molar refractivity (Wildman–Crippen MR) is 36.1 cm³/mol. The molecule has 0 fully saturated rings. The van der Waals surface area contributed by atoms with E-state index in [-0.39, 0.29) is 0 Å². The van der Waals surface area contributed by atoms with Gasteiger partial charge in [0.25, 0.3) is 0 Å². The van der Waals surface area contributed by atoms with Crippen molar-refractivity contribution in [3.8, 4) is 0 Å². The summed E-state index contributed by atoms with van der Waals surface area (Å²) in [4.78, 5) is 18.9. The van der Waals surface area contributed by atoms with Gasteiger partial charge in [-0.15, -0.1) is 0 Å². The zero-order valence-electron chi connectivity index (χ0n) is 6.13. The molecule has 0 saturated heterocycles. The molecule has 0 aromatic heterocycles. The third-order valence-electron chi connectivity index (χ3n) is 0.302. The number of hydrogen-bond donors (Lipinski definition) is 2. The number of carboxylic acid groups (broad SMARTS) is 2. The zero-order valence-corrected chi connectivity index (χ0v) is 8.13. The topological polar surface area (TPSA) is 74.6 Å². The largest absolute Gasteiger partial charge is 0.481 e. The Kier molecular flexibility index (Phi) is 11.3. The second-order valence-electron chi connectivity index (χ2n) is 1.67. The Morgan fingerprint density at radius 3 is 1.50 bits per heavy atom. The van der Waals surface area contributed by atoms with Crippen LogP contribution in [0.4, 0.5) is 0 Å². The van der Waals surface area contributed by atoms with Crippen LogP contribution in [-0.4, -0.2) is 50.1 Å². The van der Waals surface area contributed by atoms with E-state index in [0.717, 1.165) is 0 Å². The molecule has 0 heterocycles. The van der Waals surface area contributed by atoms with E-state index in [9.17, 15) is 9.59 Å². The van der Waals surface area contributed by atoms with Gasteiger partial charge < -0.3 is 10.2 Å². The monoisotopic (exact) mass is 156 g/mol. The van der Waals surface area contributed by atoms with Crippen LogP contribution >= 0.6 is 0 Å². The Labute approximate surface area is 76.6 Å². The minimum atomic E-state index is -1.31. The summed E-state index contributed by atoms with van der Waals surface area (Å²) in [6, 6.07) is 0. The molecule has 0 aromatic rings. The van der Waals surface area contributed by atoms with Crippen molar-refractivity contribution < 1.29 is 19.8 Å². The summed E-state index contributed by atoms with van der Waals surface area (Å²) in [5, 5.41) is 15.4. The fraction of sp³-hybridized carbons (Fsp3) is 0.600. The molecule has 0 amide bonds. The van der Waals surface area contributed by atoms with Gasteiger partial charge in [-0.3, -0.25) is 9.59 Å². The first-order chi connectivity index (χ1) is 4.54. The molecular weight excluding hydrogens is 147 g/mol. The van der Waals surface area contributed by atoms with Crippen LogP contribution in [0.2, 0.25) is 3.67 Å². The van der Waals surface area contributed by atoms with E-state index in [4.69, 9.17) is 10.2 Å². The molecule has 0 bridgehead atoms. The number of carboxylic acids is 2. The summed E-state index contributed by atoms with van der Waals surface area (Å²) in [7, 11) is 0. The van der Waals surface area contributed by atoms with Crippen LogP contribution in [0.5, 0.6) is 0 Å². The number of rotatable bonds is 2. The van der Waals surface area contributed by atoms with Crippen molar-refractivity contribution in [2.75, 3.05) is 0 Å².